The summed E-state index contributed by atoms with van der Waals surface area (Å²) in [6, 6.07) is 5.16. The van der Waals surface area contributed by atoms with Gasteiger partial charge in [-0.3, -0.25) is 14.4 Å². The first-order valence-corrected chi connectivity index (χ1v) is 7.65. The van der Waals surface area contributed by atoms with Gasteiger partial charge in [0.2, 0.25) is 11.6 Å². The largest absolute Gasteiger partial charge is 0.339 e. The molecular weight excluding hydrogens is 278 g/mol. The topological polar surface area (TPSA) is 54.5 Å². The van der Waals surface area contributed by atoms with Crippen LogP contribution in [0, 0.1) is 5.92 Å². The van der Waals surface area contributed by atoms with E-state index in [1.807, 2.05) is 27.7 Å². The lowest BCUT2D eigenvalue weighted by Gasteiger charge is -2.23. The number of Topliss-reactive ketones (excluding diaryl/α,β-unsaturated/α-hetero) is 2. The fourth-order valence-electron chi connectivity index (χ4n) is 2.71. The van der Waals surface area contributed by atoms with E-state index < -0.39 is 11.6 Å². The number of carbonyl (C=O) groups is 3. The molecule has 1 aromatic rings. The molecule has 0 unspecified atom stereocenters. The van der Waals surface area contributed by atoms with E-state index in [1.165, 1.54) is 0 Å². The Kier molecular flexibility index (Phi) is 4.59. The van der Waals surface area contributed by atoms with Crippen molar-refractivity contribution in [2.75, 3.05) is 13.1 Å². The molecule has 4 nitrogen and oxygen atoms in total. The molecule has 4 heteroatoms. The zero-order chi connectivity index (χ0) is 16.4. The van der Waals surface area contributed by atoms with Gasteiger partial charge in [-0.05, 0) is 37.5 Å². The maximum Gasteiger partial charge on any atom is 0.254 e. The summed E-state index contributed by atoms with van der Waals surface area (Å²) in [5.41, 5.74) is 1.73. The van der Waals surface area contributed by atoms with Crippen LogP contribution in [0.5, 0.6) is 0 Å². The Balaban J connectivity index is 2.61. The first kappa shape index (κ1) is 16.1. The molecule has 0 aliphatic heterocycles. The third-order valence-corrected chi connectivity index (χ3v) is 4.01. The Morgan fingerprint density at radius 1 is 1.09 bits per heavy atom. The lowest BCUT2D eigenvalue weighted by atomic mass is 9.83. The van der Waals surface area contributed by atoms with Gasteiger partial charge in [0, 0.05) is 24.2 Å². The third kappa shape index (κ3) is 2.61. The number of rotatable bonds is 4. The van der Waals surface area contributed by atoms with Crippen LogP contribution in [0.3, 0.4) is 0 Å². The number of benzene rings is 1. The van der Waals surface area contributed by atoms with E-state index in [2.05, 4.69) is 0 Å². The summed E-state index contributed by atoms with van der Waals surface area (Å²) < 4.78 is 0. The van der Waals surface area contributed by atoms with Crippen LogP contribution >= 0.6 is 0 Å². The molecule has 1 aliphatic rings. The van der Waals surface area contributed by atoms with Gasteiger partial charge in [-0.2, -0.15) is 0 Å². The number of allylic oxidation sites excluding steroid dienone is 1. The minimum Gasteiger partial charge on any atom is -0.339 e. The molecule has 0 saturated heterocycles. The average molecular weight is 299 g/mol. The van der Waals surface area contributed by atoms with E-state index in [0.29, 0.717) is 29.8 Å². The number of ketones is 2. The molecule has 1 amide bonds. The Bertz CT molecular complexity index is 667. The molecule has 0 N–H and O–H groups in total. The molecule has 116 valence electrons. The van der Waals surface area contributed by atoms with Crippen molar-refractivity contribution in [1.82, 2.24) is 4.90 Å². The molecule has 0 bridgehead atoms. The second kappa shape index (κ2) is 6.26. The Hall–Kier alpha value is -2.23. The summed E-state index contributed by atoms with van der Waals surface area (Å²) >= 11 is 0. The lowest BCUT2D eigenvalue weighted by Crippen LogP contribution is -2.33. The van der Waals surface area contributed by atoms with Crippen molar-refractivity contribution in [2.45, 2.75) is 27.7 Å². The molecule has 1 aromatic carbocycles. The smallest absolute Gasteiger partial charge is 0.254 e. The second-order valence-electron chi connectivity index (χ2n) is 5.66. The maximum atomic E-state index is 12.6. The van der Waals surface area contributed by atoms with Crippen LogP contribution < -0.4 is 0 Å². The molecule has 2 rings (SSSR count). The molecule has 1 aliphatic carbocycles. The van der Waals surface area contributed by atoms with E-state index in [9.17, 15) is 14.4 Å². The van der Waals surface area contributed by atoms with E-state index in [0.717, 1.165) is 0 Å². The van der Waals surface area contributed by atoms with Crippen molar-refractivity contribution in [1.29, 1.82) is 0 Å². The van der Waals surface area contributed by atoms with Crippen molar-refractivity contribution in [2.24, 2.45) is 5.92 Å². The lowest BCUT2D eigenvalue weighted by molar-refractivity contribution is -0.112. The average Bonchev–Trinajstić information content (AvgIpc) is 2.50. The van der Waals surface area contributed by atoms with Gasteiger partial charge in [0.05, 0.1) is 5.56 Å². The Morgan fingerprint density at radius 2 is 1.73 bits per heavy atom. The molecular formula is C18H21NO3. The molecule has 0 saturated carbocycles. The van der Waals surface area contributed by atoms with Crippen molar-refractivity contribution in [3.63, 3.8) is 0 Å². The van der Waals surface area contributed by atoms with Gasteiger partial charge in [-0.15, -0.1) is 0 Å². The van der Waals surface area contributed by atoms with E-state index in [-0.39, 0.29) is 17.4 Å². The van der Waals surface area contributed by atoms with Gasteiger partial charge in [0.25, 0.3) is 5.91 Å². The SMILES string of the molecule is CCN(CC)C(=O)c1cccc2c1C(=O)C(=O)C(C(C)C)=C2. The van der Waals surface area contributed by atoms with Crippen LogP contribution in [0.2, 0.25) is 0 Å². The highest BCUT2D eigenvalue weighted by Crippen LogP contribution is 2.28. The van der Waals surface area contributed by atoms with Crippen LogP contribution in [0.4, 0.5) is 0 Å². The standard InChI is InChI=1S/C18H21NO3/c1-5-19(6-2)18(22)13-9-7-8-12-10-14(11(3)4)16(20)17(21)15(12)13/h7-11H,5-6H2,1-4H3. The van der Waals surface area contributed by atoms with Crippen molar-refractivity contribution in [3.05, 3.63) is 40.5 Å². The molecule has 0 atom stereocenters. The van der Waals surface area contributed by atoms with Crippen molar-refractivity contribution < 1.29 is 14.4 Å². The number of hydrogen-bond donors (Lipinski definition) is 0. The quantitative estimate of drug-likeness (QED) is 0.803. The van der Waals surface area contributed by atoms with Gasteiger partial charge < -0.3 is 4.90 Å². The highest BCUT2D eigenvalue weighted by atomic mass is 16.2. The second-order valence-corrected chi connectivity index (χ2v) is 5.66. The minimum absolute atomic E-state index is 0.0215. The van der Waals surface area contributed by atoms with Gasteiger partial charge >= 0.3 is 0 Å². The summed E-state index contributed by atoms with van der Waals surface area (Å²) in [5, 5.41) is 0. The van der Waals surface area contributed by atoms with Gasteiger partial charge in [0.1, 0.15) is 0 Å². The van der Waals surface area contributed by atoms with Crippen LogP contribution in [0.1, 0.15) is 54.0 Å². The molecule has 0 aromatic heterocycles. The molecule has 22 heavy (non-hydrogen) atoms. The van der Waals surface area contributed by atoms with E-state index in [1.54, 1.807) is 29.2 Å². The molecule has 0 heterocycles. The van der Waals surface area contributed by atoms with Gasteiger partial charge in [-0.25, -0.2) is 0 Å². The maximum absolute atomic E-state index is 12.6. The molecule has 0 radical (unpaired) electrons. The minimum atomic E-state index is -0.572. The summed E-state index contributed by atoms with van der Waals surface area (Å²) in [7, 11) is 0. The number of hydrogen-bond acceptors (Lipinski definition) is 3. The van der Waals surface area contributed by atoms with Gasteiger partial charge in [0.15, 0.2) is 0 Å². The highest BCUT2D eigenvalue weighted by Gasteiger charge is 2.33. The normalized spacial score (nSPS) is 14.0. The summed E-state index contributed by atoms with van der Waals surface area (Å²) in [5.74, 6) is -1.30. The predicted octanol–water partition coefficient (Wildman–Crippen LogP) is 2.97. The van der Waals surface area contributed by atoms with Crippen LogP contribution in [-0.4, -0.2) is 35.5 Å². The molecule has 0 spiro atoms. The van der Waals surface area contributed by atoms with Gasteiger partial charge in [-0.1, -0.05) is 26.0 Å². The first-order valence-electron chi connectivity index (χ1n) is 7.65. The summed E-state index contributed by atoms with van der Waals surface area (Å²) in [4.78, 5) is 39.0. The number of nitrogens with zero attached hydrogens (tertiary/aromatic N) is 1. The monoisotopic (exact) mass is 299 g/mol. The van der Waals surface area contributed by atoms with Crippen LogP contribution in [0.15, 0.2) is 23.8 Å². The predicted molar refractivity (Wildman–Crippen MR) is 85.8 cm³/mol. The third-order valence-electron chi connectivity index (χ3n) is 4.01. The van der Waals surface area contributed by atoms with Crippen molar-refractivity contribution >= 4 is 23.5 Å². The van der Waals surface area contributed by atoms with Crippen LogP contribution in [0.25, 0.3) is 6.08 Å². The van der Waals surface area contributed by atoms with E-state index >= 15 is 0 Å². The van der Waals surface area contributed by atoms with E-state index in [4.69, 9.17) is 0 Å². The fraction of sp³-hybridized carbons (Fsp3) is 0.389. The molecule has 0 fully saturated rings. The number of carbonyl (C=O) groups excluding carboxylic acids is 3. The summed E-state index contributed by atoms with van der Waals surface area (Å²) in [6.07, 6.45) is 1.74. The Labute approximate surface area is 130 Å². The highest BCUT2D eigenvalue weighted by molar-refractivity contribution is 6.52. The number of amides is 1. The first-order chi connectivity index (χ1) is 10.4. The van der Waals surface area contributed by atoms with Crippen molar-refractivity contribution in [3.8, 4) is 0 Å². The fourth-order valence-corrected chi connectivity index (χ4v) is 2.71. The zero-order valence-corrected chi connectivity index (χ0v) is 13.5. The Morgan fingerprint density at radius 3 is 2.27 bits per heavy atom. The summed E-state index contributed by atoms with van der Waals surface area (Å²) in [6.45, 7) is 8.67. The number of fused-ring (bicyclic) bond motifs is 1. The zero-order valence-electron chi connectivity index (χ0n) is 13.5. The van der Waals surface area contributed by atoms with Crippen LogP contribution in [-0.2, 0) is 4.79 Å².